The van der Waals surface area contributed by atoms with E-state index in [1.54, 1.807) is 0 Å². The van der Waals surface area contributed by atoms with Crippen molar-refractivity contribution in [2.24, 2.45) is 11.1 Å². The van der Waals surface area contributed by atoms with Crippen LogP contribution in [0.2, 0.25) is 0 Å². The number of primary amides is 1. The lowest BCUT2D eigenvalue weighted by atomic mass is 9.70. The third-order valence-corrected chi connectivity index (χ3v) is 7.16. The number of nitrogens with two attached hydrogens (primary N) is 1. The lowest BCUT2D eigenvalue weighted by Crippen LogP contribution is -2.57. The Bertz CT molecular complexity index is 579. The number of carbonyl (C=O) groups excluding carboxylic acids is 2. The van der Waals surface area contributed by atoms with Crippen LogP contribution in [-0.2, 0) is 9.59 Å². The molecule has 6 nitrogen and oxygen atoms in total. The minimum absolute atomic E-state index is 0.0401. The van der Waals surface area contributed by atoms with Crippen molar-refractivity contribution in [2.45, 2.75) is 95.1 Å². The van der Waals surface area contributed by atoms with Gasteiger partial charge in [0, 0.05) is 24.4 Å². The van der Waals surface area contributed by atoms with Gasteiger partial charge in [-0.05, 0) is 45.1 Å². The molecule has 1 aliphatic heterocycles. The molecule has 3 fully saturated rings. The van der Waals surface area contributed by atoms with Crippen LogP contribution in [0.3, 0.4) is 0 Å². The molecule has 0 aromatic heterocycles. The summed E-state index contributed by atoms with van der Waals surface area (Å²) in [6.07, 6.45) is 11.7. The van der Waals surface area contributed by atoms with E-state index in [-0.39, 0.29) is 17.9 Å². The molecule has 3 rings (SSSR count). The molecule has 1 saturated heterocycles. The number of nitrogens with zero attached hydrogens (tertiary/aromatic N) is 2. The Hall–Kier alpha value is -1.61. The van der Waals surface area contributed by atoms with Gasteiger partial charge in [0.25, 0.3) is 0 Å². The summed E-state index contributed by atoms with van der Waals surface area (Å²) < 4.78 is 0. The lowest BCUT2D eigenvalue weighted by molar-refractivity contribution is -0.141. The number of hydrogen-bond donors (Lipinski definition) is 2. The van der Waals surface area contributed by atoms with E-state index in [4.69, 9.17) is 5.73 Å². The SMILES string of the molecule is N#CC1(N(C(=O)CCC2(C(N)=O)CCCCC2)C2CCCCC2)CCNC1. The Morgan fingerprint density at radius 1 is 1.07 bits per heavy atom. The second kappa shape index (κ2) is 8.60. The van der Waals surface area contributed by atoms with Gasteiger partial charge in [-0.15, -0.1) is 0 Å². The predicted octanol–water partition coefficient (Wildman–Crippen LogP) is 2.62. The summed E-state index contributed by atoms with van der Waals surface area (Å²) in [7, 11) is 0. The van der Waals surface area contributed by atoms with Gasteiger partial charge >= 0.3 is 0 Å². The molecule has 1 atom stereocenters. The van der Waals surface area contributed by atoms with Crippen LogP contribution in [-0.4, -0.2) is 41.4 Å². The lowest BCUT2D eigenvalue weighted by Gasteiger charge is -2.43. The normalized spacial score (nSPS) is 28.4. The van der Waals surface area contributed by atoms with Gasteiger partial charge in [-0.2, -0.15) is 5.26 Å². The molecule has 0 aromatic rings. The van der Waals surface area contributed by atoms with Crippen LogP contribution in [0.25, 0.3) is 0 Å². The summed E-state index contributed by atoms with van der Waals surface area (Å²) in [4.78, 5) is 27.5. The fraction of sp³-hybridized carbons (Fsp3) is 0.857. The number of amides is 2. The Balaban J connectivity index is 1.76. The zero-order valence-corrected chi connectivity index (χ0v) is 16.5. The van der Waals surface area contributed by atoms with E-state index in [2.05, 4.69) is 11.4 Å². The van der Waals surface area contributed by atoms with Crippen molar-refractivity contribution >= 4 is 11.8 Å². The Kier molecular flexibility index (Phi) is 6.41. The molecule has 2 amide bonds. The highest BCUT2D eigenvalue weighted by molar-refractivity contribution is 5.83. The first-order valence-electron chi connectivity index (χ1n) is 10.8. The van der Waals surface area contributed by atoms with Crippen LogP contribution >= 0.6 is 0 Å². The highest BCUT2D eigenvalue weighted by Gasteiger charge is 2.47. The zero-order chi connectivity index (χ0) is 19.3. The Labute approximate surface area is 162 Å². The number of hydrogen-bond acceptors (Lipinski definition) is 4. The van der Waals surface area contributed by atoms with Gasteiger partial charge < -0.3 is 16.0 Å². The van der Waals surface area contributed by atoms with Gasteiger partial charge in [0.05, 0.1) is 6.07 Å². The summed E-state index contributed by atoms with van der Waals surface area (Å²) in [5.41, 5.74) is 4.50. The van der Waals surface area contributed by atoms with Crippen molar-refractivity contribution in [1.29, 1.82) is 5.26 Å². The van der Waals surface area contributed by atoms with Crippen molar-refractivity contribution in [2.75, 3.05) is 13.1 Å². The van der Waals surface area contributed by atoms with Gasteiger partial charge in [-0.25, -0.2) is 0 Å². The van der Waals surface area contributed by atoms with Gasteiger partial charge in [0.2, 0.25) is 11.8 Å². The van der Waals surface area contributed by atoms with Gasteiger partial charge in [0.1, 0.15) is 5.54 Å². The molecule has 1 unspecified atom stereocenters. The standard InChI is InChI=1S/C21H34N4O2/c22-15-21(13-14-24-16-21)25(17-7-3-1-4-8-17)18(26)9-12-20(19(23)27)10-5-2-6-11-20/h17,24H,1-14,16H2,(H2,23,27). The summed E-state index contributed by atoms with van der Waals surface area (Å²) in [6, 6.07) is 2.63. The van der Waals surface area contributed by atoms with Crippen molar-refractivity contribution in [3.05, 3.63) is 0 Å². The van der Waals surface area contributed by atoms with E-state index in [1.807, 2.05) is 4.90 Å². The minimum Gasteiger partial charge on any atom is -0.369 e. The van der Waals surface area contributed by atoms with E-state index in [1.165, 1.54) is 6.42 Å². The van der Waals surface area contributed by atoms with E-state index in [9.17, 15) is 14.9 Å². The Morgan fingerprint density at radius 2 is 1.74 bits per heavy atom. The number of nitriles is 1. The molecule has 0 bridgehead atoms. The van der Waals surface area contributed by atoms with Gasteiger partial charge in [-0.1, -0.05) is 38.5 Å². The second-order valence-electron chi connectivity index (χ2n) is 8.83. The first-order valence-corrected chi connectivity index (χ1v) is 10.8. The highest BCUT2D eigenvalue weighted by Crippen LogP contribution is 2.41. The molecule has 3 N–H and O–H groups in total. The molecule has 0 aromatic carbocycles. The summed E-state index contributed by atoms with van der Waals surface area (Å²) in [6.45, 7) is 1.32. The molecule has 3 aliphatic rings. The smallest absolute Gasteiger partial charge is 0.224 e. The van der Waals surface area contributed by atoms with E-state index in [0.29, 0.717) is 25.8 Å². The van der Waals surface area contributed by atoms with Crippen LogP contribution in [0.1, 0.15) is 83.5 Å². The van der Waals surface area contributed by atoms with Crippen molar-refractivity contribution in [3.63, 3.8) is 0 Å². The third kappa shape index (κ3) is 4.13. The number of nitrogens with one attached hydrogen (secondary N) is 1. The van der Waals surface area contributed by atoms with Crippen LogP contribution in [0, 0.1) is 16.7 Å². The molecule has 6 heteroatoms. The topological polar surface area (TPSA) is 99.2 Å². The molecule has 2 aliphatic carbocycles. The molecule has 27 heavy (non-hydrogen) atoms. The van der Waals surface area contributed by atoms with Crippen LogP contribution in [0.5, 0.6) is 0 Å². The average Bonchev–Trinajstić information content (AvgIpc) is 3.18. The first-order chi connectivity index (χ1) is 13.0. The van der Waals surface area contributed by atoms with Crippen molar-refractivity contribution in [1.82, 2.24) is 10.2 Å². The number of rotatable bonds is 6. The maximum Gasteiger partial charge on any atom is 0.224 e. The summed E-state index contributed by atoms with van der Waals surface area (Å²) >= 11 is 0. The van der Waals surface area contributed by atoms with E-state index >= 15 is 0 Å². The van der Waals surface area contributed by atoms with E-state index in [0.717, 1.165) is 64.3 Å². The third-order valence-electron chi connectivity index (χ3n) is 7.16. The van der Waals surface area contributed by atoms with Crippen molar-refractivity contribution in [3.8, 4) is 6.07 Å². The molecule has 2 saturated carbocycles. The molecule has 150 valence electrons. The molecular formula is C21H34N4O2. The second-order valence-corrected chi connectivity index (χ2v) is 8.83. The monoisotopic (exact) mass is 374 g/mol. The van der Waals surface area contributed by atoms with Gasteiger partial charge in [-0.3, -0.25) is 9.59 Å². The maximum atomic E-state index is 13.4. The largest absolute Gasteiger partial charge is 0.369 e. The average molecular weight is 375 g/mol. The fourth-order valence-corrected chi connectivity index (χ4v) is 5.48. The van der Waals surface area contributed by atoms with Crippen molar-refractivity contribution < 1.29 is 9.59 Å². The molecule has 0 radical (unpaired) electrons. The minimum atomic E-state index is -0.731. The molecule has 1 heterocycles. The Morgan fingerprint density at radius 3 is 2.30 bits per heavy atom. The first kappa shape index (κ1) is 20.1. The maximum absolute atomic E-state index is 13.4. The number of carbonyl (C=O) groups is 2. The van der Waals surface area contributed by atoms with E-state index < -0.39 is 11.0 Å². The molecule has 0 spiro atoms. The summed E-state index contributed by atoms with van der Waals surface area (Å²) in [5.74, 6) is -0.213. The van der Waals surface area contributed by atoms with Gasteiger partial charge in [0.15, 0.2) is 0 Å². The van der Waals surface area contributed by atoms with Crippen LogP contribution < -0.4 is 11.1 Å². The molecular weight excluding hydrogens is 340 g/mol. The summed E-state index contributed by atoms with van der Waals surface area (Å²) in [5, 5.41) is 13.2. The van der Waals surface area contributed by atoms with Crippen LogP contribution in [0.4, 0.5) is 0 Å². The van der Waals surface area contributed by atoms with Crippen LogP contribution in [0.15, 0.2) is 0 Å². The highest BCUT2D eigenvalue weighted by atomic mass is 16.2. The zero-order valence-electron chi connectivity index (χ0n) is 16.5. The quantitative estimate of drug-likeness (QED) is 0.746. The fourth-order valence-electron chi connectivity index (χ4n) is 5.48. The predicted molar refractivity (Wildman–Crippen MR) is 103 cm³/mol.